The fourth-order valence-corrected chi connectivity index (χ4v) is 3.35. The SMILES string of the molecule is Cc1ncc(C2(CN)CCC(O)CC2)s1. The number of nitrogens with two attached hydrogens (primary N) is 1. The predicted octanol–water partition coefficient (Wildman–Crippen LogP) is 1.58. The summed E-state index contributed by atoms with van der Waals surface area (Å²) in [6.07, 6.45) is 5.56. The van der Waals surface area contributed by atoms with Crippen LogP contribution < -0.4 is 5.73 Å². The molecule has 4 heteroatoms. The number of hydrogen-bond acceptors (Lipinski definition) is 4. The van der Waals surface area contributed by atoms with E-state index in [1.54, 1.807) is 11.3 Å². The summed E-state index contributed by atoms with van der Waals surface area (Å²) in [5, 5.41) is 10.6. The van der Waals surface area contributed by atoms with Gasteiger partial charge in [0.2, 0.25) is 0 Å². The Balaban J connectivity index is 2.22. The van der Waals surface area contributed by atoms with Crippen LogP contribution >= 0.6 is 11.3 Å². The van der Waals surface area contributed by atoms with Gasteiger partial charge in [-0.25, -0.2) is 4.98 Å². The maximum Gasteiger partial charge on any atom is 0.0896 e. The van der Waals surface area contributed by atoms with Gasteiger partial charge in [0.25, 0.3) is 0 Å². The molecule has 3 nitrogen and oxygen atoms in total. The molecule has 1 saturated carbocycles. The molecular weight excluding hydrogens is 208 g/mol. The maximum absolute atomic E-state index is 9.54. The lowest BCUT2D eigenvalue weighted by Crippen LogP contribution is -2.39. The third-order valence-corrected chi connectivity index (χ3v) is 4.61. The Morgan fingerprint density at radius 2 is 2.27 bits per heavy atom. The molecule has 0 unspecified atom stereocenters. The van der Waals surface area contributed by atoms with Gasteiger partial charge in [0.05, 0.1) is 11.1 Å². The van der Waals surface area contributed by atoms with Gasteiger partial charge in [-0.2, -0.15) is 0 Å². The topological polar surface area (TPSA) is 59.1 Å². The Labute approximate surface area is 94.3 Å². The standard InChI is InChI=1S/C11H18N2OS/c1-8-13-6-10(15-8)11(7-12)4-2-9(14)3-5-11/h6,9,14H,2-5,7,12H2,1H3. The number of aliphatic hydroxyl groups is 1. The monoisotopic (exact) mass is 226 g/mol. The molecule has 1 aromatic heterocycles. The van der Waals surface area contributed by atoms with Crippen molar-refractivity contribution in [3.63, 3.8) is 0 Å². The van der Waals surface area contributed by atoms with Crippen LogP contribution in [0.5, 0.6) is 0 Å². The molecule has 1 aliphatic rings. The van der Waals surface area contributed by atoms with Crippen molar-refractivity contribution < 1.29 is 5.11 Å². The van der Waals surface area contributed by atoms with E-state index >= 15 is 0 Å². The number of aromatic nitrogens is 1. The Kier molecular flexibility index (Phi) is 3.09. The average Bonchev–Trinajstić information content (AvgIpc) is 2.67. The fourth-order valence-electron chi connectivity index (χ4n) is 2.31. The van der Waals surface area contributed by atoms with Crippen molar-refractivity contribution in [1.29, 1.82) is 0 Å². The molecule has 3 N–H and O–H groups in total. The highest BCUT2D eigenvalue weighted by Gasteiger charge is 2.36. The first-order valence-corrected chi connectivity index (χ1v) is 6.29. The third kappa shape index (κ3) is 2.07. The Morgan fingerprint density at radius 1 is 1.60 bits per heavy atom. The van der Waals surface area contributed by atoms with E-state index in [4.69, 9.17) is 5.73 Å². The zero-order valence-corrected chi connectivity index (χ0v) is 9.89. The molecule has 0 atom stereocenters. The summed E-state index contributed by atoms with van der Waals surface area (Å²) in [6, 6.07) is 0. The molecule has 0 aromatic carbocycles. The van der Waals surface area contributed by atoms with Gasteiger partial charge in [-0.15, -0.1) is 11.3 Å². The van der Waals surface area contributed by atoms with Crippen LogP contribution in [0, 0.1) is 6.92 Å². The van der Waals surface area contributed by atoms with Gasteiger partial charge in [-0.05, 0) is 32.6 Å². The first kappa shape index (κ1) is 11.0. The molecule has 15 heavy (non-hydrogen) atoms. The number of aryl methyl sites for hydroxylation is 1. The van der Waals surface area contributed by atoms with E-state index in [0.29, 0.717) is 6.54 Å². The van der Waals surface area contributed by atoms with Crippen LogP contribution in [0.25, 0.3) is 0 Å². The molecule has 0 bridgehead atoms. The zero-order chi connectivity index (χ0) is 10.9. The van der Waals surface area contributed by atoms with Crippen molar-refractivity contribution in [2.75, 3.05) is 6.54 Å². The van der Waals surface area contributed by atoms with Crippen LogP contribution in [-0.2, 0) is 5.41 Å². The van der Waals surface area contributed by atoms with Crippen LogP contribution in [0.15, 0.2) is 6.20 Å². The normalized spacial score (nSPS) is 31.8. The van der Waals surface area contributed by atoms with Gasteiger partial charge in [-0.1, -0.05) is 0 Å². The second-order valence-electron chi connectivity index (χ2n) is 4.46. The van der Waals surface area contributed by atoms with E-state index in [2.05, 4.69) is 4.98 Å². The molecule has 1 aliphatic carbocycles. The summed E-state index contributed by atoms with van der Waals surface area (Å²) in [4.78, 5) is 5.60. The molecule has 1 aromatic rings. The van der Waals surface area contributed by atoms with Crippen molar-refractivity contribution in [1.82, 2.24) is 4.98 Å². The number of thiazole rings is 1. The van der Waals surface area contributed by atoms with Gasteiger partial charge >= 0.3 is 0 Å². The second kappa shape index (κ2) is 4.20. The Morgan fingerprint density at radius 3 is 2.73 bits per heavy atom. The molecule has 84 valence electrons. The third-order valence-electron chi connectivity index (χ3n) is 3.45. The largest absolute Gasteiger partial charge is 0.393 e. The van der Waals surface area contributed by atoms with Gasteiger partial charge in [0.1, 0.15) is 0 Å². The predicted molar refractivity (Wildman–Crippen MR) is 62.1 cm³/mol. The summed E-state index contributed by atoms with van der Waals surface area (Å²) >= 11 is 1.75. The van der Waals surface area contributed by atoms with Crippen LogP contribution in [-0.4, -0.2) is 22.7 Å². The van der Waals surface area contributed by atoms with Gasteiger partial charge in [-0.3, -0.25) is 0 Å². The molecule has 0 spiro atoms. The molecule has 0 amide bonds. The molecule has 0 saturated heterocycles. The minimum absolute atomic E-state index is 0.0884. The molecule has 1 heterocycles. The lowest BCUT2D eigenvalue weighted by Gasteiger charge is -2.37. The van der Waals surface area contributed by atoms with Gasteiger partial charge in [0.15, 0.2) is 0 Å². The van der Waals surface area contributed by atoms with E-state index < -0.39 is 0 Å². The van der Waals surface area contributed by atoms with Crippen molar-refractivity contribution in [2.24, 2.45) is 5.73 Å². The van der Waals surface area contributed by atoms with E-state index in [0.717, 1.165) is 30.7 Å². The van der Waals surface area contributed by atoms with Crippen molar-refractivity contribution in [2.45, 2.75) is 44.1 Å². The van der Waals surface area contributed by atoms with Crippen LogP contribution in [0.1, 0.15) is 35.6 Å². The lowest BCUT2D eigenvalue weighted by atomic mass is 9.72. The van der Waals surface area contributed by atoms with E-state index in [1.807, 2.05) is 13.1 Å². The summed E-state index contributed by atoms with van der Waals surface area (Å²) in [7, 11) is 0. The minimum Gasteiger partial charge on any atom is -0.393 e. The Bertz CT molecular complexity index is 329. The molecule has 1 fully saturated rings. The van der Waals surface area contributed by atoms with Crippen LogP contribution in [0.3, 0.4) is 0 Å². The van der Waals surface area contributed by atoms with Crippen molar-refractivity contribution >= 4 is 11.3 Å². The van der Waals surface area contributed by atoms with E-state index in [9.17, 15) is 5.11 Å². The van der Waals surface area contributed by atoms with Gasteiger partial charge < -0.3 is 10.8 Å². The molecular formula is C11H18N2OS. The number of rotatable bonds is 2. The molecule has 0 aliphatic heterocycles. The number of hydrogen-bond donors (Lipinski definition) is 2. The lowest BCUT2D eigenvalue weighted by molar-refractivity contribution is 0.0984. The highest BCUT2D eigenvalue weighted by molar-refractivity contribution is 7.11. The second-order valence-corrected chi connectivity index (χ2v) is 5.69. The number of nitrogens with zero attached hydrogens (tertiary/aromatic N) is 1. The molecule has 0 radical (unpaired) electrons. The summed E-state index contributed by atoms with van der Waals surface area (Å²) in [5.74, 6) is 0. The quantitative estimate of drug-likeness (QED) is 0.805. The maximum atomic E-state index is 9.54. The summed E-state index contributed by atoms with van der Waals surface area (Å²) in [5.41, 5.74) is 6.01. The van der Waals surface area contributed by atoms with E-state index in [-0.39, 0.29) is 11.5 Å². The van der Waals surface area contributed by atoms with Gasteiger partial charge in [0, 0.05) is 23.0 Å². The minimum atomic E-state index is -0.126. The van der Waals surface area contributed by atoms with Crippen LogP contribution in [0.2, 0.25) is 0 Å². The summed E-state index contributed by atoms with van der Waals surface area (Å²) < 4.78 is 0. The highest BCUT2D eigenvalue weighted by atomic mass is 32.1. The smallest absolute Gasteiger partial charge is 0.0896 e. The van der Waals surface area contributed by atoms with E-state index in [1.165, 1.54) is 4.88 Å². The zero-order valence-electron chi connectivity index (χ0n) is 9.07. The highest BCUT2D eigenvalue weighted by Crippen LogP contribution is 2.40. The summed E-state index contributed by atoms with van der Waals surface area (Å²) in [6.45, 7) is 2.69. The fraction of sp³-hybridized carbons (Fsp3) is 0.727. The number of aliphatic hydroxyl groups excluding tert-OH is 1. The van der Waals surface area contributed by atoms with Crippen molar-refractivity contribution in [3.8, 4) is 0 Å². The Hall–Kier alpha value is -0.450. The first-order valence-electron chi connectivity index (χ1n) is 5.47. The average molecular weight is 226 g/mol. The first-order chi connectivity index (χ1) is 7.16. The molecule has 2 rings (SSSR count). The van der Waals surface area contributed by atoms with Crippen LogP contribution in [0.4, 0.5) is 0 Å². The van der Waals surface area contributed by atoms with Crippen molar-refractivity contribution in [3.05, 3.63) is 16.1 Å².